The zero-order chi connectivity index (χ0) is 40.0. The molecule has 0 saturated heterocycles. The molecule has 8 aromatic carbocycles. The molecule has 11 aromatic rings. The van der Waals surface area contributed by atoms with E-state index in [9.17, 15) is 10.5 Å². The topological polar surface area (TPSA) is 83.2 Å². The molecule has 3 heterocycles. The van der Waals surface area contributed by atoms with Gasteiger partial charge in [-0.05, 0) is 54.1 Å². The van der Waals surface area contributed by atoms with Gasteiger partial charge in [-0.15, -0.1) is 6.58 Å². The number of rotatable bonds is 4. The fraction of sp³-hybridized carbons (Fsp3) is 0.0189. The van der Waals surface area contributed by atoms with Crippen molar-refractivity contribution in [2.45, 2.75) is 6.92 Å². The highest BCUT2D eigenvalue weighted by atomic mass is 15.0. The van der Waals surface area contributed by atoms with E-state index in [0.717, 1.165) is 44.6 Å². The fourth-order valence-corrected chi connectivity index (χ4v) is 8.53. The Kier molecular flexibility index (Phi) is 8.52. The minimum atomic E-state index is -0.00188. The lowest BCUT2D eigenvalue weighted by Gasteiger charge is -2.14. The van der Waals surface area contributed by atoms with Crippen LogP contribution in [0.5, 0.6) is 0 Å². The molecule has 0 atom stereocenters. The summed E-state index contributed by atoms with van der Waals surface area (Å²) in [4.78, 5) is 9.54. The van der Waals surface area contributed by atoms with E-state index >= 15 is 0 Å². The van der Waals surface area contributed by atoms with Gasteiger partial charge in [0.1, 0.15) is 12.1 Å². The van der Waals surface area contributed by atoms with Crippen LogP contribution < -0.4 is 0 Å². The van der Waals surface area contributed by atoms with Crippen LogP contribution in [0.2, 0.25) is 0 Å². The van der Waals surface area contributed by atoms with Gasteiger partial charge in [0.05, 0.1) is 33.5 Å². The zero-order valence-corrected chi connectivity index (χ0v) is 32.1. The molecule has 6 nitrogen and oxygen atoms in total. The van der Waals surface area contributed by atoms with Gasteiger partial charge in [0.2, 0.25) is 0 Å². The van der Waals surface area contributed by atoms with E-state index in [2.05, 4.69) is 173 Å². The van der Waals surface area contributed by atoms with Gasteiger partial charge in [0.15, 0.2) is 11.4 Å². The first-order valence-corrected chi connectivity index (χ1v) is 19.4. The van der Waals surface area contributed by atoms with Gasteiger partial charge in [-0.25, -0.2) is 9.97 Å². The molecule has 0 N–H and O–H groups in total. The molecule has 59 heavy (non-hydrogen) atoms. The number of para-hydroxylation sites is 2. The Morgan fingerprint density at radius 1 is 0.441 bits per heavy atom. The molecule has 276 valence electrons. The number of hydrogen-bond acceptors (Lipinski definition) is 4. The molecule has 0 fully saturated rings. The van der Waals surface area contributed by atoms with Gasteiger partial charge in [-0.2, -0.15) is 10.5 Å². The zero-order valence-electron chi connectivity index (χ0n) is 32.1. The molecule has 11 rings (SSSR count). The van der Waals surface area contributed by atoms with Gasteiger partial charge >= 0.3 is 0 Å². The smallest absolute Gasteiger partial charge is 0.177 e. The van der Waals surface area contributed by atoms with Gasteiger partial charge in [-0.3, -0.25) is 0 Å². The summed E-state index contributed by atoms with van der Waals surface area (Å²) in [5.74, 6) is 0. The van der Waals surface area contributed by atoms with Crippen molar-refractivity contribution in [2.24, 2.45) is 0 Å². The van der Waals surface area contributed by atoms with Crippen LogP contribution in [0.25, 0.3) is 99.0 Å². The summed E-state index contributed by atoms with van der Waals surface area (Å²) in [5.41, 5.74) is 9.20. The number of fused-ring (bicyclic) bond motifs is 10. The minimum absolute atomic E-state index is 0.00188. The number of hydrogen-bond donors (Lipinski definition) is 0. The maximum atomic E-state index is 10.0. The van der Waals surface area contributed by atoms with E-state index in [0.29, 0.717) is 11.4 Å². The summed E-state index contributed by atoms with van der Waals surface area (Å²) < 4.78 is 4.64. The van der Waals surface area contributed by atoms with E-state index in [1.807, 2.05) is 31.2 Å². The number of nitrogens with zero attached hydrogens (tertiary/aromatic N) is 6. The second-order valence-electron chi connectivity index (χ2n) is 14.4. The third-order valence-corrected chi connectivity index (χ3v) is 11.0. The maximum Gasteiger partial charge on any atom is 0.177 e. The average Bonchev–Trinajstić information content (AvgIpc) is 3.83. The Balaban J connectivity index is 0.00000136. The van der Waals surface area contributed by atoms with Crippen LogP contribution in [0.3, 0.4) is 0 Å². The molecule has 0 aliphatic heterocycles. The number of benzene rings is 8. The number of aromatic nitrogens is 4. The highest BCUT2D eigenvalue weighted by Crippen LogP contribution is 2.39. The van der Waals surface area contributed by atoms with Crippen LogP contribution in [0.1, 0.15) is 18.3 Å². The molecular formula is C53H34N6. The van der Waals surface area contributed by atoms with Gasteiger partial charge in [0, 0.05) is 54.8 Å². The van der Waals surface area contributed by atoms with Crippen molar-refractivity contribution in [3.8, 4) is 46.0 Å². The standard InChI is InChI=1S/C50H28N6.C3H6/c51-29-43-44(30-52)54-48(34-19-25-36(26-20-34)56-46-16-8-6-14-40(46)42-28-22-32-10-2-4-12-38(32)50(42)56)47(53-43)33-17-23-35(24-18-33)55-45-15-7-5-13-39(45)41-27-21-31-9-1-3-11-37(31)49(41)55;1-3-2/h1-28H;3H,1H2,2H3. The number of allylic oxidation sites excluding steroid dienone is 1. The normalized spacial score (nSPS) is 11.2. The first kappa shape index (κ1) is 35.1. The van der Waals surface area contributed by atoms with Gasteiger partial charge < -0.3 is 9.13 Å². The van der Waals surface area contributed by atoms with E-state index in [-0.39, 0.29) is 11.4 Å². The van der Waals surface area contributed by atoms with E-state index in [1.54, 1.807) is 6.08 Å². The molecule has 0 amide bonds. The first-order chi connectivity index (χ1) is 29.1. The summed E-state index contributed by atoms with van der Waals surface area (Å²) in [6, 6.07) is 63.4. The highest BCUT2D eigenvalue weighted by Gasteiger charge is 2.20. The Morgan fingerprint density at radius 2 is 0.797 bits per heavy atom. The van der Waals surface area contributed by atoms with Crippen molar-refractivity contribution >= 4 is 65.2 Å². The molecular weight excluding hydrogens is 721 g/mol. The van der Waals surface area contributed by atoms with Crippen molar-refractivity contribution < 1.29 is 0 Å². The van der Waals surface area contributed by atoms with Crippen molar-refractivity contribution in [2.75, 3.05) is 0 Å². The Labute approximate surface area is 340 Å². The largest absolute Gasteiger partial charge is 0.309 e. The predicted octanol–water partition coefficient (Wildman–Crippen LogP) is 13.2. The molecule has 3 aromatic heterocycles. The molecule has 0 spiro atoms. The van der Waals surface area contributed by atoms with Crippen LogP contribution in [0, 0.1) is 22.7 Å². The molecule has 0 aliphatic rings. The van der Waals surface area contributed by atoms with Crippen LogP contribution in [-0.2, 0) is 0 Å². The first-order valence-electron chi connectivity index (χ1n) is 19.4. The SMILES string of the molecule is C=CC.N#Cc1nc(-c2ccc(-n3c4ccccc4c4ccc5ccccc5c43)cc2)c(-c2ccc(-n3c4ccccc4c4ccc5ccccc5c43)cc2)nc1C#N. The number of nitriles is 2. The monoisotopic (exact) mass is 754 g/mol. The summed E-state index contributed by atoms with van der Waals surface area (Å²) in [6.45, 7) is 5.25. The highest BCUT2D eigenvalue weighted by molar-refractivity contribution is 6.19. The summed E-state index contributed by atoms with van der Waals surface area (Å²) in [6.07, 6.45) is 1.75. The molecule has 0 radical (unpaired) electrons. The predicted molar refractivity (Wildman–Crippen MR) is 242 cm³/mol. The van der Waals surface area contributed by atoms with Gasteiger partial charge in [-0.1, -0.05) is 140 Å². The molecule has 0 saturated carbocycles. The second kappa shape index (κ2) is 14.3. The lowest BCUT2D eigenvalue weighted by atomic mass is 10.0. The van der Waals surface area contributed by atoms with Crippen LogP contribution in [0.15, 0.2) is 183 Å². The summed E-state index contributed by atoms with van der Waals surface area (Å²) in [7, 11) is 0. The maximum absolute atomic E-state index is 10.0. The lowest BCUT2D eigenvalue weighted by Crippen LogP contribution is -2.02. The van der Waals surface area contributed by atoms with Crippen molar-refractivity contribution in [1.82, 2.24) is 19.1 Å². The van der Waals surface area contributed by atoms with Crippen molar-refractivity contribution in [1.29, 1.82) is 10.5 Å². The third-order valence-electron chi connectivity index (χ3n) is 11.0. The van der Waals surface area contributed by atoms with E-state index in [4.69, 9.17) is 9.97 Å². The lowest BCUT2D eigenvalue weighted by molar-refractivity contribution is 1.13. The second-order valence-corrected chi connectivity index (χ2v) is 14.4. The Hall–Kier alpha value is -8.32. The Morgan fingerprint density at radius 3 is 1.19 bits per heavy atom. The van der Waals surface area contributed by atoms with E-state index in [1.165, 1.54) is 43.1 Å². The van der Waals surface area contributed by atoms with Crippen molar-refractivity contribution in [3.05, 3.63) is 194 Å². The summed E-state index contributed by atoms with van der Waals surface area (Å²) >= 11 is 0. The Bertz CT molecular complexity index is 3300. The quantitative estimate of drug-likeness (QED) is 0.168. The third kappa shape index (κ3) is 5.63. The molecule has 0 bridgehead atoms. The molecule has 6 heteroatoms. The van der Waals surface area contributed by atoms with Gasteiger partial charge in [0.25, 0.3) is 0 Å². The minimum Gasteiger partial charge on any atom is -0.309 e. The van der Waals surface area contributed by atoms with Crippen molar-refractivity contribution in [3.63, 3.8) is 0 Å². The van der Waals surface area contributed by atoms with Crippen LogP contribution in [0.4, 0.5) is 0 Å². The van der Waals surface area contributed by atoms with Crippen LogP contribution in [-0.4, -0.2) is 19.1 Å². The van der Waals surface area contributed by atoms with Crippen LogP contribution >= 0.6 is 0 Å². The van der Waals surface area contributed by atoms with E-state index < -0.39 is 0 Å². The average molecular weight is 755 g/mol. The summed E-state index contributed by atoms with van der Waals surface area (Å²) in [5, 5.41) is 29.5. The fourth-order valence-electron chi connectivity index (χ4n) is 8.53. The molecule has 0 aliphatic carbocycles. The molecule has 0 unspecified atom stereocenters.